The predicted molar refractivity (Wildman–Crippen MR) is 63.0 cm³/mol. The number of nitrogens with zero attached hydrogens (tertiary/aromatic N) is 3. The molecule has 3 N–H and O–H groups in total. The number of nitrogens with one attached hydrogen (secondary N) is 2. The van der Waals surface area contributed by atoms with E-state index in [2.05, 4.69) is 25.5 Å². The Kier molecular flexibility index (Phi) is 3.71. The van der Waals surface area contributed by atoms with E-state index in [1.807, 2.05) is 6.92 Å². The van der Waals surface area contributed by atoms with Crippen LogP contribution in [0.5, 0.6) is 5.88 Å². The van der Waals surface area contributed by atoms with Crippen molar-refractivity contribution in [2.45, 2.75) is 13.3 Å². The predicted octanol–water partition coefficient (Wildman–Crippen LogP) is 0.546. The third kappa shape index (κ3) is 2.62. The fourth-order valence-electron chi connectivity index (χ4n) is 1.39. The highest BCUT2D eigenvalue weighted by Crippen LogP contribution is 2.22. The van der Waals surface area contributed by atoms with Gasteiger partial charge >= 0.3 is 0 Å². The Labute approximate surface area is 98.2 Å². The standard InChI is InChI=1S/C10H15N5O2/c1-2-11-10-13-8-7(6-12-15-8)9(14-10)17-5-3-4-16/h6,16H,2-5H2,1H3,(H2,11,12,13,14,15). The van der Waals surface area contributed by atoms with Crippen LogP contribution in [0.4, 0.5) is 5.95 Å². The number of aliphatic hydroxyl groups is 1. The van der Waals surface area contributed by atoms with Crippen molar-refractivity contribution >= 4 is 17.0 Å². The van der Waals surface area contributed by atoms with Gasteiger partial charge in [0.15, 0.2) is 5.65 Å². The summed E-state index contributed by atoms with van der Waals surface area (Å²) in [5.41, 5.74) is 0.634. The van der Waals surface area contributed by atoms with Gasteiger partial charge in [-0.15, -0.1) is 0 Å². The summed E-state index contributed by atoms with van der Waals surface area (Å²) in [6, 6.07) is 0. The third-order valence-corrected chi connectivity index (χ3v) is 2.15. The summed E-state index contributed by atoms with van der Waals surface area (Å²) in [4.78, 5) is 8.49. The zero-order chi connectivity index (χ0) is 12.1. The summed E-state index contributed by atoms with van der Waals surface area (Å²) < 4.78 is 5.49. The molecule has 0 amide bonds. The number of aliphatic hydroxyl groups excluding tert-OH is 1. The summed E-state index contributed by atoms with van der Waals surface area (Å²) in [5, 5.41) is 19.2. The van der Waals surface area contributed by atoms with Crippen LogP contribution < -0.4 is 10.1 Å². The molecule has 7 heteroatoms. The van der Waals surface area contributed by atoms with Crippen LogP contribution in [0.2, 0.25) is 0 Å². The molecule has 2 heterocycles. The smallest absolute Gasteiger partial charge is 0.229 e. The average molecular weight is 237 g/mol. The first-order chi connectivity index (χ1) is 8.35. The lowest BCUT2D eigenvalue weighted by Gasteiger charge is -2.07. The zero-order valence-corrected chi connectivity index (χ0v) is 9.60. The van der Waals surface area contributed by atoms with E-state index < -0.39 is 0 Å². The maximum absolute atomic E-state index is 8.71. The number of ether oxygens (including phenoxy) is 1. The first-order valence-corrected chi connectivity index (χ1v) is 5.53. The molecule has 0 aromatic carbocycles. The van der Waals surface area contributed by atoms with Gasteiger partial charge in [-0.3, -0.25) is 5.10 Å². The van der Waals surface area contributed by atoms with E-state index in [4.69, 9.17) is 9.84 Å². The van der Waals surface area contributed by atoms with Crippen LogP contribution in [0.1, 0.15) is 13.3 Å². The van der Waals surface area contributed by atoms with Crippen LogP contribution in [0.25, 0.3) is 11.0 Å². The minimum absolute atomic E-state index is 0.0969. The highest BCUT2D eigenvalue weighted by atomic mass is 16.5. The molecule has 2 rings (SSSR count). The van der Waals surface area contributed by atoms with Gasteiger partial charge in [0.1, 0.15) is 5.39 Å². The van der Waals surface area contributed by atoms with Crippen LogP contribution in [0, 0.1) is 0 Å². The minimum atomic E-state index is 0.0969. The molecule has 0 radical (unpaired) electrons. The Bertz CT molecular complexity index is 485. The molecule has 0 aliphatic heterocycles. The Morgan fingerprint density at radius 3 is 3.12 bits per heavy atom. The van der Waals surface area contributed by atoms with Crippen LogP contribution in [0.15, 0.2) is 6.20 Å². The largest absolute Gasteiger partial charge is 0.477 e. The van der Waals surface area contributed by atoms with Gasteiger partial charge in [0.05, 0.1) is 12.8 Å². The van der Waals surface area contributed by atoms with Crippen LogP contribution >= 0.6 is 0 Å². The summed E-state index contributed by atoms with van der Waals surface area (Å²) in [6.45, 7) is 3.21. The van der Waals surface area contributed by atoms with Gasteiger partial charge in [0.25, 0.3) is 0 Å². The summed E-state index contributed by atoms with van der Waals surface area (Å²) in [6.07, 6.45) is 2.19. The van der Waals surface area contributed by atoms with Crippen LogP contribution in [-0.2, 0) is 0 Å². The highest BCUT2D eigenvalue weighted by molar-refractivity contribution is 5.80. The molecule has 0 aliphatic rings. The monoisotopic (exact) mass is 237 g/mol. The van der Waals surface area contributed by atoms with Crippen LogP contribution in [-0.4, -0.2) is 45.0 Å². The Morgan fingerprint density at radius 1 is 1.47 bits per heavy atom. The average Bonchev–Trinajstić information content (AvgIpc) is 2.78. The van der Waals surface area contributed by atoms with E-state index in [1.165, 1.54) is 0 Å². The molecule has 92 valence electrons. The van der Waals surface area contributed by atoms with E-state index in [9.17, 15) is 0 Å². The number of anilines is 1. The third-order valence-electron chi connectivity index (χ3n) is 2.15. The minimum Gasteiger partial charge on any atom is -0.477 e. The van der Waals surface area contributed by atoms with Crippen molar-refractivity contribution in [1.82, 2.24) is 20.2 Å². The lowest BCUT2D eigenvalue weighted by molar-refractivity contribution is 0.231. The zero-order valence-electron chi connectivity index (χ0n) is 9.60. The highest BCUT2D eigenvalue weighted by Gasteiger charge is 2.09. The molecule has 17 heavy (non-hydrogen) atoms. The quantitative estimate of drug-likeness (QED) is 0.635. The first-order valence-electron chi connectivity index (χ1n) is 5.53. The van der Waals surface area contributed by atoms with Gasteiger partial charge in [0, 0.05) is 19.6 Å². The molecule has 2 aromatic heterocycles. The normalized spacial score (nSPS) is 10.7. The second-order valence-electron chi connectivity index (χ2n) is 3.44. The van der Waals surface area contributed by atoms with Gasteiger partial charge in [-0.05, 0) is 6.92 Å². The molecule has 0 saturated carbocycles. The molecule has 2 aromatic rings. The number of aromatic amines is 1. The van der Waals surface area contributed by atoms with E-state index >= 15 is 0 Å². The van der Waals surface area contributed by atoms with Crippen molar-refractivity contribution in [1.29, 1.82) is 0 Å². The summed E-state index contributed by atoms with van der Waals surface area (Å²) >= 11 is 0. The maximum atomic E-state index is 8.71. The number of hydrogen-bond donors (Lipinski definition) is 3. The van der Waals surface area contributed by atoms with E-state index in [0.717, 1.165) is 11.9 Å². The van der Waals surface area contributed by atoms with Gasteiger partial charge in [0.2, 0.25) is 11.8 Å². The fourth-order valence-corrected chi connectivity index (χ4v) is 1.39. The number of H-pyrrole nitrogens is 1. The maximum Gasteiger partial charge on any atom is 0.229 e. The SMILES string of the molecule is CCNc1nc(OCCCO)c2cn[nH]c2n1. The molecule has 0 aliphatic carbocycles. The van der Waals surface area contributed by atoms with Crippen molar-refractivity contribution in [2.75, 3.05) is 25.1 Å². The molecular weight excluding hydrogens is 222 g/mol. The Morgan fingerprint density at radius 2 is 2.35 bits per heavy atom. The second-order valence-corrected chi connectivity index (χ2v) is 3.44. The van der Waals surface area contributed by atoms with Gasteiger partial charge in [-0.1, -0.05) is 0 Å². The summed E-state index contributed by atoms with van der Waals surface area (Å²) in [7, 11) is 0. The lowest BCUT2D eigenvalue weighted by Crippen LogP contribution is -2.06. The molecule has 0 bridgehead atoms. The second kappa shape index (κ2) is 5.44. The van der Waals surface area contributed by atoms with Gasteiger partial charge < -0.3 is 15.2 Å². The van der Waals surface area contributed by atoms with Gasteiger partial charge in [-0.25, -0.2) is 0 Å². The van der Waals surface area contributed by atoms with Crippen molar-refractivity contribution < 1.29 is 9.84 Å². The molecule has 0 spiro atoms. The molecule has 0 saturated heterocycles. The van der Waals surface area contributed by atoms with Crippen molar-refractivity contribution in [2.24, 2.45) is 0 Å². The topological polar surface area (TPSA) is 96.0 Å². The Balaban J connectivity index is 2.26. The molecular formula is C10H15N5O2. The van der Waals surface area contributed by atoms with E-state index in [0.29, 0.717) is 30.5 Å². The molecule has 7 nitrogen and oxygen atoms in total. The van der Waals surface area contributed by atoms with Crippen molar-refractivity contribution in [3.63, 3.8) is 0 Å². The van der Waals surface area contributed by atoms with Crippen molar-refractivity contribution in [3.05, 3.63) is 6.20 Å². The Hall–Kier alpha value is -1.89. The van der Waals surface area contributed by atoms with E-state index in [-0.39, 0.29) is 6.61 Å². The lowest BCUT2D eigenvalue weighted by atomic mass is 10.4. The van der Waals surface area contributed by atoms with Crippen LogP contribution in [0.3, 0.4) is 0 Å². The number of rotatable bonds is 6. The fraction of sp³-hybridized carbons (Fsp3) is 0.500. The molecule has 0 unspecified atom stereocenters. The van der Waals surface area contributed by atoms with Gasteiger partial charge in [-0.2, -0.15) is 15.1 Å². The first kappa shape index (κ1) is 11.6. The summed E-state index contributed by atoms with van der Waals surface area (Å²) in [5.74, 6) is 0.983. The molecule has 0 fully saturated rings. The van der Waals surface area contributed by atoms with Crippen molar-refractivity contribution in [3.8, 4) is 5.88 Å². The number of hydrogen-bond acceptors (Lipinski definition) is 6. The molecule has 0 atom stereocenters. The number of fused-ring (bicyclic) bond motifs is 1. The van der Waals surface area contributed by atoms with E-state index in [1.54, 1.807) is 6.20 Å². The number of aromatic nitrogens is 4.